The summed E-state index contributed by atoms with van der Waals surface area (Å²) in [4.78, 5) is 14.2. The average Bonchev–Trinajstić information content (AvgIpc) is 2.57. The summed E-state index contributed by atoms with van der Waals surface area (Å²) in [5.41, 5.74) is 2.98. The molecule has 2 aromatic carbocycles. The fourth-order valence-corrected chi connectivity index (χ4v) is 4.19. The van der Waals surface area contributed by atoms with Gasteiger partial charge in [0.05, 0.1) is 12.8 Å². The van der Waals surface area contributed by atoms with E-state index in [-0.39, 0.29) is 18.5 Å². The maximum absolute atomic E-state index is 12.6. The summed E-state index contributed by atoms with van der Waals surface area (Å²) in [6, 6.07) is 17.2. The minimum atomic E-state index is -3.45. The SMILES string of the molecule is Cc1ccc(N2C[C@@H](Cc3ccccc3)N(S(C)(=O)=O)CC2=O)cc1. The molecule has 1 fully saturated rings. The number of carbonyl (C=O) groups excluding carboxylic acids is 1. The molecule has 0 spiro atoms. The van der Waals surface area contributed by atoms with E-state index in [1.54, 1.807) is 4.90 Å². The third kappa shape index (κ3) is 4.08. The van der Waals surface area contributed by atoms with Crippen molar-refractivity contribution >= 4 is 21.6 Å². The molecule has 132 valence electrons. The molecule has 1 aliphatic rings. The topological polar surface area (TPSA) is 57.7 Å². The number of nitrogens with zero attached hydrogens (tertiary/aromatic N) is 2. The second-order valence-electron chi connectivity index (χ2n) is 6.49. The van der Waals surface area contributed by atoms with Crippen LogP contribution in [-0.2, 0) is 21.2 Å². The molecule has 1 amide bonds. The molecule has 0 aliphatic carbocycles. The highest BCUT2D eigenvalue weighted by atomic mass is 32.2. The van der Waals surface area contributed by atoms with Crippen molar-refractivity contribution < 1.29 is 13.2 Å². The predicted molar refractivity (Wildman–Crippen MR) is 99.0 cm³/mol. The van der Waals surface area contributed by atoms with Crippen molar-refractivity contribution in [1.29, 1.82) is 0 Å². The molecule has 25 heavy (non-hydrogen) atoms. The van der Waals surface area contributed by atoms with Gasteiger partial charge in [-0.05, 0) is 31.0 Å². The van der Waals surface area contributed by atoms with Crippen LogP contribution in [0.3, 0.4) is 0 Å². The normalized spacial score (nSPS) is 19.2. The van der Waals surface area contributed by atoms with E-state index in [1.807, 2.05) is 61.5 Å². The molecular formula is C19H22N2O3S. The van der Waals surface area contributed by atoms with Crippen LogP contribution in [0.25, 0.3) is 0 Å². The Labute approximate surface area is 148 Å². The number of aryl methyl sites for hydroxylation is 1. The van der Waals surface area contributed by atoms with Gasteiger partial charge in [0, 0.05) is 18.3 Å². The average molecular weight is 358 g/mol. The zero-order chi connectivity index (χ0) is 18.0. The van der Waals surface area contributed by atoms with Gasteiger partial charge in [-0.1, -0.05) is 48.0 Å². The third-order valence-electron chi connectivity index (χ3n) is 4.48. The molecule has 0 N–H and O–H groups in total. The van der Waals surface area contributed by atoms with E-state index < -0.39 is 10.0 Å². The Hall–Kier alpha value is -2.18. The molecule has 0 radical (unpaired) electrons. The summed E-state index contributed by atoms with van der Waals surface area (Å²) in [6.07, 6.45) is 1.74. The van der Waals surface area contributed by atoms with Crippen LogP contribution in [0.15, 0.2) is 54.6 Å². The third-order valence-corrected chi connectivity index (χ3v) is 5.76. The lowest BCUT2D eigenvalue weighted by molar-refractivity contribution is -0.120. The maximum Gasteiger partial charge on any atom is 0.242 e. The number of carbonyl (C=O) groups is 1. The summed E-state index contributed by atoms with van der Waals surface area (Å²) >= 11 is 0. The highest BCUT2D eigenvalue weighted by Crippen LogP contribution is 2.24. The Morgan fingerprint density at radius 3 is 2.28 bits per heavy atom. The lowest BCUT2D eigenvalue weighted by atomic mass is 10.0. The number of benzene rings is 2. The standard InChI is InChI=1S/C19H22N2O3S/c1-15-8-10-17(11-9-15)20-13-18(12-16-6-4-3-5-7-16)21(14-19(20)22)25(2,23)24/h3-11,18H,12-14H2,1-2H3/t18-/m1/s1. The van der Waals surface area contributed by atoms with E-state index >= 15 is 0 Å². The Kier molecular flexibility index (Phi) is 4.92. The van der Waals surface area contributed by atoms with Crippen LogP contribution in [0.2, 0.25) is 0 Å². The first kappa shape index (κ1) is 17.6. The second kappa shape index (κ2) is 6.98. The second-order valence-corrected chi connectivity index (χ2v) is 8.43. The molecule has 1 saturated heterocycles. The highest BCUT2D eigenvalue weighted by molar-refractivity contribution is 7.88. The van der Waals surface area contributed by atoms with Crippen LogP contribution in [0.4, 0.5) is 5.69 Å². The highest BCUT2D eigenvalue weighted by Gasteiger charge is 2.37. The summed E-state index contributed by atoms with van der Waals surface area (Å²) in [7, 11) is -3.45. The van der Waals surface area contributed by atoms with Crippen molar-refractivity contribution in [2.24, 2.45) is 0 Å². The Balaban J connectivity index is 1.90. The first-order valence-corrected chi connectivity index (χ1v) is 10.1. The molecule has 5 nitrogen and oxygen atoms in total. The van der Waals surface area contributed by atoms with Crippen LogP contribution in [0, 0.1) is 6.92 Å². The molecule has 3 rings (SSSR count). The van der Waals surface area contributed by atoms with Crippen molar-refractivity contribution in [1.82, 2.24) is 4.31 Å². The first-order chi connectivity index (χ1) is 11.8. The summed E-state index contributed by atoms with van der Waals surface area (Å²) in [6.45, 7) is 2.22. The van der Waals surface area contributed by atoms with Crippen molar-refractivity contribution in [3.8, 4) is 0 Å². The van der Waals surface area contributed by atoms with Crippen molar-refractivity contribution in [2.75, 3.05) is 24.2 Å². The lowest BCUT2D eigenvalue weighted by Gasteiger charge is -2.39. The number of piperazine rings is 1. The number of rotatable bonds is 4. The van der Waals surface area contributed by atoms with Gasteiger partial charge in [-0.25, -0.2) is 8.42 Å². The smallest absolute Gasteiger partial charge is 0.242 e. The zero-order valence-corrected chi connectivity index (χ0v) is 15.2. The van der Waals surface area contributed by atoms with Gasteiger partial charge in [0.2, 0.25) is 15.9 Å². The first-order valence-electron chi connectivity index (χ1n) is 8.22. The van der Waals surface area contributed by atoms with Gasteiger partial charge >= 0.3 is 0 Å². The van der Waals surface area contributed by atoms with Crippen molar-refractivity contribution in [3.05, 3.63) is 65.7 Å². The van der Waals surface area contributed by atoms with E-state index in [1.165, 1.54) is 10.6 Å². The van der Waals surface area contributed by atoms with Gasteiger partial charge in [0.25, 0.3) is 0 Å². The maximum atomic E-state index is 12.6. The monoisotopic (exact) mass is 358 g/mol. The Bertz CT molecular complexity index is 848. The van der Waals surface area contributed by atoms with E-state index in [9.17, 15) is 13.2 Å². The van der Waals surface area contributed by atoms with Crippen LogP contribution in [0.5, 0.6) is 0 Å². The molecule has 2 aromatic rings. The Morgan fingerprint density at radius 1 is 1.04 bits per heavy atom. The van der Waals surface area contributed by atoms with Crippen LogP contribution < -0.4 is 4.90 Å². The number of sulfonamides is 1. The number of amides is 1. The van der Waals surface area contributed by atoms with Gasteiger partial charge in [-0.15, -0.1) is 0 Å². The quantitative estimate of drug-likeness (QED) is 0.842. The molecule has 0 saturated carbocycles. The molecule has 0 aromatic heterocycles. The van der Waals surface area contributed by atoms with Gasteiger partial charge < -0.3 is 4.90 Å². The molecule has 6 heteroatoms. The molecule has 1 aliphatic heterocycles. The molecule has 1 heterocycles. The van der Waals surface area contributed by atoms with Crippen molar-refractivity contribution in [2.45, 2.75) is 19.4 Å². The fourth-order valence-electron chi connectivity index (χ4n) is 3.17. The fraction of sp³-hybridized carbons (Fsp3) is 0.316. The lowest BCUT2D eigenvalue weighted by Crippen LogP contribution is -2.58. The number of hydrogen-bond donors (Lipinski definition) is 0. The number of anilines is 1. The van der Waals surface area contributed by atoms with E-state index in [4.69, 9.17) is 0 Å². The van der Waals surface area contributed by atoms with E-state index in [0.717, 1.165) is 16.8 Å². The minimum absolute atomic E-state index is 0.121. The molecular weight excluding hydrogens is 336 g/mol. The predicted octanol–water partition coefficient (Wildman–Crippen LogP) is 2.21. The largest absolute Gasteiger partial charge is 0.310 e. The minimum Gasteiger partial charge on any atom is -0.310 e. The van der Waals surface area contributed by atoms with Crippen LogP contribution in [0.1, 0.15) is 11.1 Å². The number of hydrogen-bond acceptors (Lipinski definition) is 3. The van der Waals surface area contributed by atoms with Gasteiger partial charge in [0.15, 0.2) is 0 Å². The van der Waals surface area contributed by atoms with Crippen LogP contribution >= 0.6 is 0 Å². The van der Waals surface area contributed by atoms with Gasteiger partial charge in [-0.3, -0.25) is 4.79 Å². The molecule has 0 bridgehead atoms. The Morgan fingerprint density at radius 2 is 1.68 bits per heavy atom. The van der Waals surface area contributed by atoms with Crippen LogP contribution in [-0.4, -0.2) is 44.0 Å². The zero-order valence-electron chi connectivity index (χ0n) is 14.4. The van der Waals surface area contributed by atoms with E-state index in [2.05, 4.69) is 0 Å². The van der Waals surface area contributed by atoms with Gasteiger partial charge in [-0.2, -0.15) is 4.31 Å². The molecule has 0 unspecified atom stereocenters. The van der Waals surface area contributed by atoms with Gasteiger partial charge in [0.1, 0.15) is 0 Å². The molecule has 1 atom stereocenters. The van der Waals surface area contributed by atoms with Crippen molar-refractivity contribution in [3.63, 3.8) is 0 Å². The summed E-state index contributed by atoms with van der Waals surface area (Å²) < 4.78 is 25.7. The summed E-state index contributed by atoms with van der Waals surface area (Å²) in [5.74, 6) is -0.196. The van der Waals surface area contributed by atoms with E-state index in [0.29, 0.717) is 13.0 Å². The summed E-state index contributed by atoms with van der Waals surface area (Å²) in [5, 5.41) is 0.